The number of hydrogen-bond acceptors (Lipinski definition) is 0. The Morgan fingerprint density at radius 3 is 0.837 bits per heavy atom. The Labute approximate surface area is 215 Å². The smallest absolute Gasteiger partial charge is 0.203 e. The molecule has 0 amide bonds. The molecule has 26 heteroatoms. The van der Waals surface area contributed by atoms with E-state index in [9.17, 15) is 114 Å². The molecule has 250 valence electrons. The van der Waals surface area contributed by atoms with Gasteiger partial charge in [0.15, 0.2) is 29.1 Å². The molecule has 0 aromatic heterocycles. The van der Waals surface area contributed by atoms with Gasteiger partial charge in [-0.15, -0.1) is 0 Å². The molecule has 0 aliphatic carbocycles. The van der Waals surface area contributed by atoms with Gasteiger partial charge in [0, 0.05) is 0 Å². The van der Waals surface area contributed by atoms with Crippen molar-refractivity contribution in [2.75, 3.05) is 0 Å². The topological polar surface area (TPSA) is 0 Å². The maximum atomic E-state index is 13.8. The van der Waals surface area contributed by atoms with Gasteiger partial charge in [0.1, 0.15) is 0 Å². The van der Waals surface area contributed by atoms with Crippen molar-refractivity contribution in [2.24, 2.45) is 0 Å². The highest BCUT2D eigenvalue weighted by Gasteiger charge is 2.97. The van der Waals surface area contributed by atoms with Gasteiger partial charge in [-0.25, -0.2) is 30.7 Å². The SMILES string of the molecule is FC(=C(F)C(F)(F)C(F)(F)C(F)(F)C(F)(F)C(F)(F)C(F)(F)C(F)(F)C(F)(F)C(F)(F)F)c1c(F)c(F)c(F)c(F)c1F. The van der Waals surface area contributed by atoms with Crippen LogP contribution in [-0.4, -0.2) is 53.6 Å². The van der Waals surface area contributed by atoms with Gasteiger partial charge >= 0.3 is 53.6 Å². The summed E-state index contributed by atoms with van der Waals surface area (Å²) >= 11 is 0. The lowest BCUT2D eigenvalue weighted by atomic mass is 9.87. The molecule has 0 N–H and O–H groups in total. The highest BCUT2D eigenvalue weighted by Crippen LogP contribution is 2.66. The predicted octanol–water partition coefficient (Wildman–Crippen LogP) is 9.63. The standard InChI is InChI=1S/C17F26/c18-2-1(3(19)6(22)7(23)5(2)21)4(20)8(24)9(25,26)10(27,28)11(29,30)12(31,32)13(33,34)14(35,36)15(37,38)16(39,40)17(41,42)43. The number of halogens is 26. The van der Waals surface area contributed by atoms with Crippen LogP contribution < -0.4 is 0 Å². The summed E-state index contributed by atoms with van der Waals surface area (Å²) in [5.74, 6) is -100. The number of alkyl halides is 19. The second kappa shape index (κ2) is 10.1. The maximum Gasteiger partial charge on any atom is 0.460 e. The molecule has 0 spiro atoms. The van der Waals surface area contributed by atoms with E-state index in [-0.39, 0.29) is 0 Å². The van der Waals surface area contributed by atoms with Gasteiger partial charge in [-0.05, 0) is 0 Å². The summed E-state index contributed by atoms with van der Waals surface area (Å²) in [5.41, 5.74) is -3.70. The van der Waals surface area contributed by atoms with Crippen LogP contribution in [-0.2, 0) is 0 Å². The first kappa shape index (κ1) is 38.2. The minimum atomic E-state index is -9.43. The molecule has 43 heavy (non-hydrogen) atoms. The molecule has 0 aliphatic heterocycles. The first-order valence-corrected chi connectivity index (χ1v) is 9.16. The van der Waals surface area contributed by atoms with Crippen LogP contribution in [0.25, 0.3) is 5.83 Å². The van der Waals surface area contributed by atoms with Gasteiger partial charge in [0.05, 0.1) is 5.56 Å². The van der Waals surface area contributed by atoms with Crippen molar-refractivity contribution in [3.05, 3.63) is 40.5 Å². The lowest BCUT2D eigenvalue weighted by molar-refractivity contribution is -0.467. The third kappa shape index (κ3) is 4.70. The van der Waals surface area contributed by atoms with Crippen LogP contribution in [0.2, 0.25) is 0 Å². The third-order valence-corrected chi connectivity index (χ3v) is 5.01. The van der Waals surface area contributed by atoms with E-state index in [2.05, 4.69) is 0 Å². The first-order valence-electron chi connectivity index (χ1n) is 9.16. The fourth-order valence-electron chi connectivity index (χ4n) is 2.54. The summed E-state index contributed by atoms with van der Waals surface area (Å²) < 4.78 is 345. The zero-order valence-corrected chi connectivity index (χ0v) is 18.3. The summed E-state index contributed by atoms with van der Waals surface area (Å²) in [6.45, 7) is 0. The van der Waals surface area contributed by atoms with Crippen molar-refractivity contribution >= 4 is 5.83 Å². The van der Waals surface area contributed by atoms with Crippen LogP contribution in [0.15, 0.2) is 5.83 Å². The van der Waals surface area contributed by atoms with E-state index in [0.29, 0.717) is 0 Å². The van der Waals surface area contributed by atoms with E-state index in [0.717, 1.165) is 0 Å². The van der Waals surface area contributed by atoms with E-state index < -0.39 is 99.9 Å². The van der Waals surface area contributed by atoms with Crippen molar-refractivity contribution in [2.45, 2.75) is 53.6 Å². The lowest BCUT2D eigenvalue weighted by Gasteiger charge is -2.43. The summed E-state index contributed by atoms with van der Waals surface area (Å²) in [6.07, 6.45) is -8.14. The van der Waals surface area contributed by atoms with Crippen LogP contribution >= 0.6 is 0 Å². The van der Waals surface area contributed by atoms with Gasteiger partial charge in [0.2, 0.25) is 11.6 Å². The Morgan fingerprint density at radius 1 is 0.326 bits per heavy atom. The second-order valence-corrected chi connectivity index (χ2v) is 7.67. The molecule has 1 aromatic carbocycles. The Bertz CT molecular complexity index is 1250. The first-order chi connectivity index (χ1) is 18.5. The number of rotatable bonds is 9. The molecule has 0 nitrogen and oxygen atoms in total. The molecular formula is C17F26. The molecule has 0 heterocycles. The predicted molar refractivity (Wildman–Crippen MR) is 81.0 cm³/mol. The van der Waals surface area contributed by atoms with Crippen LogP contribution in [0.1, 0.15) is 5.56 Å². The highest BCUT2D eigenvalue weighted by molar-refractivity contribution is 5.64. The van der Waals surface area contributed by atoms with Gasteiger partial charge < -0.3 is 0 Å². The van der Waals surface area contributed by atoms with Gasteiger partial charge in [-0.3, -0.25) is 0 Å². The largest absolute Gasteiger partial charge is 0.460 e. The fourth-order valence-corrected chi connectivity index (χ4v) is 2.54. The molecular weight excluding hydrogens is 698 g/mol. The summed E-state index contributed by atoms with van der Waals surface area (Å²) in [7, 11) is 0. The van der Waals surface area contributed by atoms with E-state index >= 15 is 0 Å². The Morgan fingerprint density at radius 2 is 0.558 bits per heavy atom. The molecule has 0 saturated carbocycles. The Hall–Kier alpha value is -2.86. The van der Waals surface area contributed by atoms with Crippen molar-refractivity contribution in [1.82, 2.24) is 0 Å². The van der Waals surface area contributed by atoms with Crippen molar-refractivity contribution < 1.29 is 114 Å². The molecule has 0 unspecified atom stereocenters. The molecule has 0 aliphatic rings. The monoisotopic (exact) mass is 698 g/mol. The van der Waals surface area contributed by atoms with E-state index in [1.807, 2.05) is 0 Å². The minimum Gasteiger partial charge on any atom is -0.203 e. The molecule has 1 aromatic rings. The molecule has 0 saturated heterocycles. The molecule has 1 rings (SSSR count). The van der Waals surface area contributed by atoms with Crippen molar-refractivity contribution in [1.29, 1.82) is 0 Å². The minimum absolute atomic E-state index is 3.33. The summed E-state index contributed by atoms with van der Waals surface area (Å²) in [6, 6.07) is 0. The van der Waals surface area contributed by atoms with Crippen LogP contribution in [0, 0.1) is 29.1 Å². The summed E-state index contributed by atoms with van der Waals surface area (Å²) in [4.78, 5) is 0. The lowest BCUT2D eigenvalue weighted by Crippen LogP contribution is -2.75. The van der Waals surface area contributed by atoms with E-state index in [4.69, 9.17) is 0 Å². The van der Waals surface area contributed by atoms with E-state index in [1.54, 1.807) is 0 Å². The van der Waals surface area contributed by atoms with Crippen molar-refractivity contribution in [3.63, 3.8) is 0 Å². The third-order valence-electron chi connectivity index (χ3n) is 5.01. The normalized spacial score (nSPS) is 16.0. The van der Waals surface area contributed by atoms with E-state index in [1.165, 1.54) is 0 Å². The zero-order chi connectivity index (χ0) is 35.1. The molecule has 0 bridgehead atoms. The zero-order valence-electron chi connectivity index (χ0n) is 18.3. The van der Waals surface area contributed by atoms with Gasteiger partial charge in [0.25, 0.3) is 0 Å². The quantitative estimate of drug-likeness (QED) is 0.137. The number of allylic oxidation sites excluding steroid dienone is 1. The molecule has 0 radical (unpaired) electrons. The van der Waals surface area contributed by atoms with Crippen LogP contribution in [0.3, 0.4) is 0 Å². The van der Waals surface area contributed by atoms with Gasteiger partial charge in [-0.1, -0.05) is 0 Å². The van der Waals surface area contributed by atoms with Crippen LogP contribution in [0.4, 0.5) is 114 Å². The Balaban J connectivity index is 3.98. The second-order valence-electron chi connectivity index (χ2n) is 7.67. The van der Waals surface area contributed by atoms with Gasteiger partial charge in [-0.2, -0.15) is 83.4 Å². The average Bonchev–Trinajstić information content (AvgIpc) is 2.84. The highest BCUT2D eigenvalue weighted by atomic mass is 19.4. The Kier molecular flexibility index (Phi) is 8.95. The molecule has 0 fully saturated rings. The number of benzene rings is 1. The number of hydrogen-bond donors (Lipinski definition) is 0. The maximum absolute atomic E-state index is 13.8. The average molecular weight is 698 g/mol. The summed E-state index contributed by atoms with van der Waals surface area (Å²) in [5, 5.41) is 0. The molecule has 0 atom stereocenters. The fraction of sp³-hybridized carbons (Fsp3) is 0.529. The van der Waals surface area contributed by atoms with Crippen molar-refractivity contribution in [3.8, 4) is 0 Å². The van der Waals surface area contributed by atoms with Crippen LogP contribution in [0.5, 0.6) is 0 Å².